The summed E-state index contributed by atoms with van der Waals surface area (Å²) in [6.07, 6.45) is 5.27. The lowest BCUT2D eigenvalue weighted by atomic mass is 9.85. The lowest BCUT2D eigenvalue weighted by Crippen LogP contribution is -2.31. The van der Waals surface area contributed by atoms with E-state index in [-0.39, 0.29) is 29.0 Å². The number of rotatable bonds is 5. The average Bonchev–Trinajstić information content (AvgIpc) is 2.67. The van der Waals surface area contributed by atoms with E-state index in [9.17, 15) is 14.8 Å². The molecule has 1 aromatic heterocycles. The Balaban J connectivity index is 1.81. The molecule has 0 saturated heterocycles. The topological polar surface area (TPSA) is 93.9 Å². The van der Waals surface area contributed by atoms with Crippen molar-refractivity contribution in [3.8, 4) is 6.07 Å². The molecule has 6 nitrogen and oxygen atoms in total. The van der Waals surface area contributed by atoms with Crippen LogP contribution >= 0.6 is 27.5 Å². The van der Waals surface area contributed by atoms with E-state index >= 15 is 0 Å². The van der Waals surface area contributed by atoms with Crippen molar-refractivity contribution in [2.45, 2.75) is 38.3 Å². The van der Waals surface area contributed by atoms with Gasteiger partial charge in [-0.15, -0.1) is 0 Å². The minimum absolute atomic E-state index is 0.0184. The van der Waals surface area contributed by atoms with E-state index in [2.05, 4.69) is 42.6 Å². The van der Waals surface area contributed by atoms with E-state index in [0.29, 0.717) is 22.1 Å². The van der Waals surface area contributed by atoms with Gasteiger partial charge in [0.1, 0.15) is 10.8 Å². The Hall–Kier alpha value is -1.95. The van der Waals surface area contributed by atoms with Crippen molar-refractivity contribution in [3.63, 3.8) is 0 Å². The molecule has 0 radical (unpaired) electrons. The zero-order chi connectivity index (χ0) is 19.4. The number of nitrogens with one attached hydrogen (secondary N) is 2. The van der Waals surface area contributed by atoms with Gasteiger partial charge < -0.3 is 15.7 Å². The van der Waals surface area contributed by atoms with Crippen LogP contribution in [0.5, 0.6) is 0 Å². The predicted molar refractivity (Wildman–Crippen MR) is 105 cm³/mol. The van der Waals surface area contributed by atoms with Crippen LogP contribution < -0.4 is 10.6 Å². The number of anilines is 3. The Kier molecular flexibility index (Phi) is 6.47. The highest BCUT2D eigenvalue weighted by Gasteiger charge is 2.26. The quantitative estimate of drug-likeness (QED) is 0.603. The van der Waals surface area contributed by atoms with Gasteiger partial charge in [-0.2, -0.15) is 10.2 Å². The Labute approximate surface area is 169 Å². The predicted octanol–water partition coefficient (Wildman–Crippen LogP) is 4.76. The molecule has 0 aliphatic heterocycles. The van der Waals surface area contributed by atoms with Gasteiger partial charge in [0.25, 0.3) is 0 Å². The first-order valence-electron chi connectivity index (χ1n) is 8.56. The van der Waals surface area contributed by atoms with Crippen LogP contribution in [0.15, 0.2) is 22.8 Å². The van der Waals surface area contributed by atoms with E-state index in [1.165, 1.54) is 12.3 Å². The molecule has 1 aliphatic carbocycles. The van der Waals surface area contributed by atoms with Crippen molar-refractivity contribution in [3.05, 3.63) is 39.2 Å². The molecular formula is C18H18BrClFN5O. The molecule has 1 heterocycles. The summed E-state index contributed by atoms with van der Waals surface area (Å²) in [6.45, 7) is -0.307. The van der Waals surface area contributed by atoms with Crippen LogP contribution in [0, 0.1) is 23.1 Å². The third-order valence-electron chi connectivity index (χ3n) is 4.53. The number of benzene rings is 1. The number of aliphatic hydroxyl groups excluding tert-OH is 1. The molecule has 0 spiro atoms. The van der Waals surface area contributed by atoms with Crippen LogP contribution in [0.4, 0.5) is 21.8 Å². The summed E-state index contributed by atoms with van der Waals surface area (Å²) in [4.78, 5) is 8.48. The minimum atomic E-state index is -0.504. The Morgan fingerprint density at radius 2 is 2.15 bits per heavy atom. The molecule has 0 amide bonds. The lowest BCUT2D eigenvalue weighted by Gasteiger charge is -2.28. The number of aromatic nitrogens is 2. The number of hydrogen-bond acceptors (Lipinski definition) is 6. The fourth-order valence-corrected chi connectivity index (χ4v) is 3.62. The highest BCUT2D eigenvalue weighted by atomic mass is 79.9. The molecule has 1 aliphatic rings. The van der Waals surface area contributed by atoms with Crippen LogP contribution in [-0.4, -0.2) is 21.1 Å². The molecule has 0 bridgehead atoms. The normalized spacial score (nSPS) is 19.4. The smallest absolute Gasteiger partial charge is 0.229 e. The monoisotopic (exact) mass is 453 g/mol. The molecular weight excluding hydrogens is 437 g/mol. The van der Waals surface area contributed by atoms with Crippen molar-refractivity contribution < 1.29 is 9.50 Å². The van der Waals surface area contributed by atoms with Crippen LogP contribution in [0.1, 0.15) is 31.2 Å². The molecule has 3 rings (SSSR count). The van der Waals surface area contributed by atoms with Crippen LogP contribution in [0.2, 0.25) is 5.02 Å². The van der Waals surface area contributed by atoms with Gasteiger partial charge in [-0.1, -0.05) is 24.4 Å². The zero-order valence-corrected chi connectivity index (χ0v) is 16.7. The number of nitrogens with zero attached hydrogens (tertiary/aromatic N) is 3. The molecule has 27 heavy (non-hydrogen) atoms. The number of nitriles is 1. The van der Waals surface area contributed by atoms with Crippen molar-refractivity contribution >= 4 is 45.0 Å². The Morgan fingerprint density at radius 3 is 2.89 bits per heavy atom. The van der Waals surface area contributed by atoms with Gasteiger partial charge in [-0.05, 0) is 46.5 Å². The molecule has 1 saturated carbocycles. The van der Waals surface area contributed by atoms with Crippen LogP contribution in [0.3, 0.4) is 0 Å². The highest BCUT2D eigenvalue weighted by molar-refractivity contribution is 9.10. The molecule has 3 N–H and O–H groups in total. The summed E-state index contributed by atoms with van der Waals surface area (Å²) in [5, 5.41) is 25.2. The van der Waals surface area contributed by atoms with Gasteiger partial charge in [0, 0.05) is 11.7 Å². The van der Waals surface area contributed by atoms with Crippen molar-refractivity contribution in [1.82, 2.24) is 9.97 Å². The summed E-state index contributed by atoms with van der Waals surface area (Å²) in [5.41, 5.74) is 0.810. The minimum Gasteiger partial charge on any atom is -0.392 e. The third-order valence-corrected chi connectivity index (χ3v) is 5.69. The van der Waals surface area contributed by atoms with E-state index in [1.54, 1.807) is 6.07 Å². The summed E-state index contributed by atoms with van der Waals surface area (Å²) >= 11 is 9.31. The third kappa shape index (κ3) is 4.67. The second-order valence-electron chi connectivity index (χ2n) is 6.38. The first kappa shape index (κ1) is 19.8. The standard InChI is InChI=1S/C18H18BrClFN5O/c19-16-11(9-27)5-12(6-14(16)21)24-18-23-8-13(20)17(26-18)25-15-4-2-1-3-10(15)7-22/h5-6,8,10,15,27H,1-4,9H2,(H2,23,24,25,26)/t10-,15+/m0/s1. The molecule has 1 aromatic carbocycles. The van der Waals surface area contributed by atoms with Gasteiger partial charge >= 0.3 is 0 Å². The van der Waals surface area contributed by atoms with Gasteiger partial charge in [0.15, 0.2) is 5.82 Å². The van der Waals surface area contributed by atoms with Crippen molar-refractivity contribution in [2.75, 3.05) is 10.6 Å². The van der Waals surface area contributed by atoms with Gasteiger partial charge in [0.05, 0.1) is 29.3 Å². The second kappa shape index (κ2) is 8.83. The molecule has 0 unspecified atom stereocenters. The van der Waals surface area contributed by atoms with E-state index in [0.717, 1.165) is 25.7 Å². The number of aliphatic hydroxyl groups is 1. The molecule has 1 fully saturated rings. The maximum absolute atomic E-state index is 14.0. The summed E-state index contributed by atoms with van der Waals surface area (Å²) in [5.74, 6) is 0.0717. The fourth-order valence-electron chi connectivity index (χ4n) is 3.12. The Bertz CT molecular complexity index is 876. The van der Waals surface area contributed by atoms with Crippen LogP contribution in [0.25, 0.3) is 0 Å². The van der Waals surface area contributed by atoms with E-state index in [1.807, 2.05) is 0 Å². The SMILES string of the molecule is N#C[C@@H]1CCCC[C@H]1Nc1nc(Nc2cc(F)c(Br)c(CO)c2)ncc1Cl. The summed E-state index contributed by atoms with van der Waals surface area (Å²) in [7, 11) is 0. The van der Waals surface area contributed by atoms with Crippen LogP contribution in [-0.2, 0) is 6.61 Å². The fraction of sp³-hybridized carbons (Fsp3) is 0.389. The van der Waals surface area contributed by atoms with Gasteiger partial charge in [-0.25, -0.2) is 9.37 Å². The molecule has 2 aromatic rings. The van der Waals surface area contributed by atoms with E-state index in [4.69, 9.17) is 11.6 Å². The summed E-state index contributed by atoms with van der Waals surface area (Å²) < 4.78 is 14.2. The maximum atomic E-state index is 14.0. The van der Waals surface area contributed by atoms with Gasteiger partial charge in [-0.3, -0.25) is 0 Å². The number of hydrogen-bond donors (Lipinski definition) is 3. The van der Waals surface area contributed by atoms with Crippen molar-refractivity contribution in [1.29, 1.82) is 5.26 Å². The molecule has 2 atom stereocenters. The first-order chi connectivity index (χ1) is 13.0. The largest absolute Gasteiger partial charge is 0.392 e. The number of halogens is 3. The second-order valence-corrected chi connectivity index (χ2v) is 7.58. The average molecular weight is 455 g/mol. The summed E-state index contributed by atoms with van der Waals surface area (Å²) in [6, 6.07) is 5.20. The van der Waals surface area contributed by atoms with Crippen molar-refractivity contribution in [2.24, 2.45) is 5.92 Å². The lowest BCUT2D eigenvalue weighted by molar-refractivity contribution is 0.280. The Morgan fingerprint density at radius 1 is 1.37 bits per heavy atom. The molecule has 142 valence electrons. The highest BCUT2D eigenvalue weighted by Crippen LogP contribution is 2.30. The van der Waals surface area contributed by atoms with Gasteiger partial charge in [0.2, 0.25) is 5.95 Å². The zero-order valence-electron chi connectivity index (χ0n) is 14.3. The molecule has 9 heteroatoms. The first-order valence-corrected chi connectivity index (χ1v) is 9.73. The van der Waals surface area contributed by atoms with E-state index < -0.39 is 5.82 Å². The maximum Gasteiger partial charge on any atom is 0.229 e.